The molecule has 0 aliphatic heterocycles. The Hall–Kier alpha value is -3.41. The lowest BCUT2D eigenvalue weighted by atomic mass is 9.99. The van der Waals surface area contributed by atoms with Crippen LogP contribution in [-0.4, -0.2) is 31.1 Å². The molecule has 0 radical (unpaired) electrons. The SMILES string of the molecule is COC(=O)c1ccc(-c2cnc(OC)c3cccc(OC(C)=O)c23)cc1. The maximum atomic E-state index is 11.6. The summed E-state index contributed by atoms with van der Waals surface area (Å²) in [5.74, 6) is 0.0295. The van der Waals surface area contributed by atoms with Gasteiger partial charge in [-0.25, -0.2) is 9.78 Å². The number of ether oxygens (including phenoxy) is 3. The van der Waals surface area contributed by atoms with Gasteiger partial charge in [0.2, 0.25) is 5.88 Å². The van der Waals surface area contributed by atoms with E-state index >= 15 is 0 Å². The standard InChI is InChI=1S/C20H17NO5/c1-12(22)26-17-6-4-5-15-18(17)16(11-21-19(15)24-2)13-7-9-14(10-8-13)20(23)25-3/h4-11H,1-3H3. The fraction of sp³-hybridized carbons (Fsp3) is 0.150. The topological polar surface area (TPSA) is 74.7 Å². The summed E-state index contributed by atoms with van der Waals surface area (Å²) in [5.41, 5.74) is 2.02. The van der Waals surface area contributed by atoms with E-state index in [-0.39, 0.29) is 0 Å². The monoisotopic (exact) mass is 351 g/mol. The summed E-state index contributed by atoms with van der Waals surface area (Å²) < 4.78 is 15.4. The van der Waals surface area contributed by atoms with Crippen molar-refractivity contribution in [2.75, 3.05) is 14.2 Å². The van der Waals surface area contributed by atoms with Crippen molar-refractivity contribution < 1.29 is 23.8 Å². The molecule has 26 heavy (non-hydrogen) atoms. The number of fused-ring (bicyclic) bond motifs is 1. The number of aromatic nitrogens is 1. The first-order valence-electron chi connectivity index (χ1n) is 7.88. The van der Waals surface area contributed by atoms with Crippen LogP contribution in [0.4, 0.5) is 0 Å². The van der Waals surface area contributed by atoms with E-state index in [0.717, 1.165) is 16.5 Å². The molecule has 0 N–H and O–H groups in total. The van der Waals surface area contributed by atoms with Gasteiger partial charge in [-0.2, -0.15) is 0 Å². The highest BCUT2D eigenvalue weighted by Crippen LogP contribution is 2.38. The smallest absolute Gasteiger partial charge is 0.337 e. The van der Waals surface area contributed by atoms with Gasteiger partial charge in [-0.15, -0.1) is 0 Å². The highest BCUT2D eigenvalue weighted by atomic mass is 16.5. The van der Waals surface area contributed by atoms with Gasteiger partial charge in [0, 0.05) is 29.5 Å². The molecular weight excluding hydrogens is 334 g/mol. The van der Waals surface area contributed by atoms with Gasteiger partial charge in [-0.3, -0.25) is 4.79 Å². The number of rotatable bonds is 4. The average molecular weight is 351 g/mol. The van der Waals surface area contributed by atoms with Crippen LogP contribution in [-0.2, 0) is 9.53 Å². The summed E-state index contributed by atoms with van der Waals surface area (Å²) in [6.45, 7) is 1.35. The van der Waals surface area contributed by atoms with Gasteiger partial charge in [0.05, 0.1) is 19.8 Å². The van der Waals surface area contributed by atoms with E-state index in [1.165, 1.54) is 21.1 Å². The Labute approximate surface area is 150 Å². The van der Waals surface area contributed by atoms with Gasteiger partial charge < -0.3 is 14.2 Å². The molecule has 0 spiro atoms. The zero-order chi connectivity index (χ0) is 18.7. The summed E-state index contributed by atoms with van der Waals surface area (Å²) in [6.07, 6.45) is 1.65. The third-order valence-electron chi connectivity index (χ3n) is 3.90. The minimum Gasteiger partial charge on any atom is -0.481 e. The van der Waals surface area contributed by atoms with Crippen molar-refractivity contribution in [3.63, 3.8) is 0 Å². The van der Waals surface area contributed by atoms with Crippen molar-refractivity contribution in [3.8, 4) is 22.8 Å². The number of methoxy groups -OCH3 is 2. The molecule has 1 aromatic heterocycles. The number of nitrogens with zero attached hydrogens (tertiary/aromatic N) is 1. The summed E-state index contributed by atoms with van der Waals surface area (Å²) in [5, 5.41) is 1.43. The molecule has 0 fully saturated rings. The quantitative estimate of drug-likeness (QED) is 0.528. The third kappa shape index (κ3) is 3.21. The van der Waals surface area contributed by atoms with Crippen molar-refractivity contribution in [1.29, 1.82) is 0 Å². The van der Waals surface area contributed by atoms with Crippen molar-refractivity contribution in [1.82, 2.24) is 4.98 Å². The van der Waals surface area contributed by atoms with Gasteiger partial charge in [-0.05, 0) is 29.8 Å². The van der Waals surface area contributed by atoms with E-state index in [1.807, 2.05) is 6.07 Å². The number of esters is 2. The highest BCUT2D eigenvalue weighted by Gasteiger charge is 2.16. The van der Waals surface area contributed by atoms with Crippen molar-refractivity contribution in [2.45, 2.75) is 6.92 Å². The zero-order valence-corrected chi connectivity index (χ0v) is 14.6. The molecule has 0 unspecified atom stereocenters. The number of carbonyl (C=O) groups is 2. The Morgan fingerprint density at radius 3 is 2.35 bits per heavy atom. The molecule has 2 aromatic carbocycles. The van der Waals surface area contributed by atoms with Gasteiger partial charge >= 0.3 is 11.9 Å². The first kappa shape index (κ1) is 17.4. The average Bonchev–Trinajstić information content (AvgIpc) is 2.66. The number of carbonyl (C=O) groups excluding carboxylic acids is 2. The molecule has 1 heterocycles. The highest BCUT2D eigenvalue weighted by molar-refractivity contribution is 6.04. The van der Waals surface area contributed by atoms with E-state index in [4.69, 9.17) is 14.2 Å². The predicted octanol–water partition coefficient (Wildman–Crippen LogP) is 3.62. The Bertz CT molecular complexity index is 979. The molecule has 0 saturated heterocycles. The number of benzene rings is 2. The third-order valence-corrected chi connectivity index (χ3v) is 3.90. The second kappa shape index (κ2) is 7.23. The van der Waals surface area contributed by atoms with Crippen LogP contribution < -0.4 is 9.47 Å². The molecule has 6 heteroatoms. The minimum atomic E-state index is -0.416. The maximum absolute atomic E-state index is 11.6. The van der Waals surface area contributed by atoms with Crippen molar-refractivity contribution in [3.05, 3.63) is 54.2 Å². The molecule has 0 atom stereocenters. The van der Waals surface area contributed by atoms with Crippen LogP contribution in [0.2, 0.25) is 0 Å². The lowest BCUT2D eigenvalue weighted by Crippen LogP contribution is -2.03. The fourth-order valence-electron chi connectivity index (χ4n) is 2.77. The summed E-state index contributed by atoms with van der Waals surface area (Å²) in [6, 6.07) is 12.3. The molecule has 0 saturated carbocycles. The molecule has 3 rings (SSSR count). The molecule has 6 nitrogen and oxygen atoms in total. The molecule has 0 amide bonds. The fourth-order valence-corrected chi connectivity index (χ4v) is 2.77. The van der Waals surface area contributed by atoms with E-state index < -0.39 is 11.9 Å². The lowest BCUT2D eigenvalue weighted by Gasteiger charge is -2.13. The molecular formula is C20H17NO5. The van der Waals surface area contributed by atoms with Crippen LogP contribution in [0.3, 0.4) is 0 Å². The lowest BCUT2D eigenvalue weighted by molar-refractivity contribution is -0.131. The second-order valence-electron chi connectivity index (χ2n) is 5.52. The summed E-state index contributed by atoms with van der Waals surface area (Å²) in [7, 11) is 2.87. The van der Waals surface area contributed by atoms with Crippen LogP contribution in [0.5, 0.6) is 11.6 Å². The largest absolute Gasteiger partial charge is 0.481 e. The van der Waals surface area contributed by atoms with Crippen LogP contribution in [0.25, 0.3) is 21.9 Å². The first-order chi connectivity index (χ1) is 12.5. The predicted molar refractivity (Wildman–Crippen MR) is 96.4 cm³/mol. The number of hydrogen-bond acceptors (Lipinski definition) is 6. The molecule has 0 bridgehead atoms. The normalized spacial score (nSPS) is 10.4. The maximum Gasteiger partial charge on any atom is 0.337 e. The molecule has 0 aliphatic rings. The van der Waals surface area contributed by atoms with Crippen molar-refractivity contribution >= 4 is 22.7 Å². The first-order valence-corrected chi connectivity index (χ1v) is 7.88. The summed E-state index contributed by atoms with van der Waals surface area (Å²) in [4.78, 5) is 27.5. The molecule has 0 aliphatic carbocycles. The Balaban J connectivity index is 2.22. The Kier molecular flexibility index (Phi) is 4.84. The molecule has 132 valence electrons. The van der Waals surface area contributed by atoms with Gasteiger partial charge in [0.1, 0.15) is 5.75 Å². The van der Waals surface area contributed by atoms with E-state index in [0.29, 0.717) is 22.6 Å². The van der Waals surface area contributed by atoms with Gasteiger partial charge in [-0.1, -0.05) is 18.2 Å². The molecule has 3 aromatic rings. The Morgan fingerprint density at radius 2 is 1.73 bits per heavy atom. The Morgan fingerprint density at radius 1 is 1.00 bits per heavy atom. The zero-order valence-electron chi connectivity index (χ0n) is 14.6. The number of pyridine rings is 1. The van der Waals surface area contributed by atoms with Crippen LogP contribution in [0, 0.1) is 0 Å². The van der Waals surface area contributed by atoms with E-state index in [9.17, 15) is 9.59 Å². The van der Waals surface area contributed by atoms with E-state index in [1.54, 1.807) is 42.6 Å². The number of hydrogen-bond donors (Lipinski definition) is 0. The second-order valence-corrected chi connectivity index (χ2v) is 5.52. The van der Waals surface area contributed by atoms with Crippen LogP contribution >= 0.6 is 0 Å². The van der Waals surface area contributed by atoms with E-state index in [2.05, 4.69) is 4.98 Å². The van der Waals surface area contributed by atoms with Crippen LogP contribution in [0.15, 0.2) is 48.7 Å². The summed E-state index contributed by atoms with van der Waals surface area (Å²) >= 11 is 0. The van der Waals surface area contributed by atoms with Crippen LogP contribution in [0.1, 0.15) is 17.3 Å². The van der Waals surface area contributed by atoms with Gasteiger partial charge in [0.15, 0.2) is 0 Å². The van der Waals surface area contributed by atoms with Gasteiger partial charge in [0.25, 0.3) is 0 Å². The van der Waals surface area contributed by atoms with Crippen molar-refractivity contribution in [2.24, 2.45) is 0 Å². The minimum absolute atomic E-state index is 0.408.